The number of carbonyl (C=O) groups excluding carboxylic acids is 1. The summed E-state index contributed by atoms with van der Waals surface area (Å²) in [5.74, 6) is 1.62. The predicted molar refractivity (Wildman–Crippen MR) is 108 cm³/mol. The second-order valence-corrected chi connectivity index (χ2v) is 6.63. The van der Waals surface area contributed by atoms with Gasteiger partial charge in [0.05, 0.1) is 6.61 Å². The fraction of sp³-hybridized carbons (Fsp3) is 0.318. The molecule has 3 aromatic rings. The van der Waals surface area contributed by atoms with Gasteiger partial charge in [-0.1, -0.05) is 29.8 Å². The van der Waals surface area contributed by atoms with Gasteiger partial charge in [-0.25, -0.2) is 0 Å². The maximum Gasteiger partial charge on any atom is 0.247 e. The van der Waals surface area contributed by atoms with Gasteiger partial charge in [0.15, 0.2) is 0 Å². The number of amides is 1. The zero-order chi connectivity index (χ0) is 20.5. The van der Waals surface area contributed by atoms with Crippen LogP contribution in [0.3, 0.4) is 0 Å². The highest BCUT2D eigenvalue weighted by atomic mass is 16.5. The van der Waals surface area contributed by atoms with Crippen LogP contribution >= 0.6 is 0 Å². The first-order valence-corrected chi connectivity index (χ1v) is 9.51. The second kappa shape index (κ2) is 10.4. The molecular formula is C22H25N3O4. The number of nitrogens with zero attached hydrogens (tertiary/aromatic N) is 2. The Kier molecular flexibility index (Phi) is 7.35. The summed E-state index contributed by atoms with van der Waals surface area (Å²) in [7, 11) is 1.64. The summed E-state index contributed by atoms with van der Waals surface area (Å²) in [6, 6.07) is 15.5. The zero-order valence-corrected chi connectivity index (χ0v) is 16.7. The smallest absolute Gasteiger partial charge is 0.247 e. The Hall–Kier alpha value is -3.19. The van der Waals surface area contributed by atoms with E-state index in [0.29, 0.717) is 38.0 Å². The van der Waals surface area contributed by atoms with Crippen molar-refractivity contribution in [3.63, 3.8) is 0 Å². The number of benzene rings is 2. The number of nitrogens with one attached hydrogen (secondary N) is 1. The van der Waals surface area contributed by atoms with Gasteiger partial charge in [0.1, 0.15) is 12.4 Å². The summed E-state index contributed by atoms with van der Waals surface area (Å²) in [6.45, 7) is 3.53. The van der Waals surface area contributed by atoms with E-state index in [1.807, 2.05) is 55.5 Å². The molecule has 1 amide bonds. The summed E-state index contributed by atoms with van der Waals surface area (Å²) >= 11 is 0. The number of hydrogen-bond acceptors (Lipinski definition) is 6. The largest absolute Gasteiger partial charge is 0.491 e. The van der Waals surface area contributed by atoms with E-state index in [4.69, 9.17) is 13.9 Å². The van der Waals surface area contributed by atoms with Crippen LogP contribution < -0.4 is 10.1 Å². The first kappa shape index (κ1) is 20.5. The molecule has 1 aromatic heterocycles. The molecular weight excluding hydrogens is 370 g/mol. The standard InChI is InChI=1S/C22H25N3O4/c1-16-3-7-18(8-4-16)22-25-24-21(29-22)12-11-20(26)23-15-17-5-9-19(10-6-17)28-14-13-27-2/h3-10H,11-15H2,1-2H3,(H,23,26). The van der Waals surface area contributed by atoms with Crippen LogP contribution in [0.25, 0.3) is 11.5 Å². The fourth-order valence-corrected chi connectivity index (χ4v) is 2.62. The molecule has 3 rings (SSSR count). The molecule has 0 bridgehead atoms. The number of ether oxygens (including phenoxy) is 2. The topological polar surface area (TPSA) is 86.5 Å². The third kappa shape index (κ3) is 6.43. The van der Waals surface area contributed by atoms with E-state index in [-0.39, 0.29) is 12.3 Å². The highest BCUT2D eigenvalue weighted by molar-refractivity contribution is 5.76. The van der Waals surface area contributed by atoms with Gasteiger partial charge < -0.3 is 19.2 Å². The van der Waals surface area contributed by atoms with Crippen molar-refractivity contribution in [3.8, 4) is 17.2 Å². The Morgan fingerprint density at radius 2 is 1.79 bits per heavy atom. The van der Waals surface area contributed by atoms with Crippen LogP contribution in [-0.2, 0) is 22.5 Å². The second-order valence-electron chi connectivity index (χ2n) is 6.63. The first-order valence-electron chi connectivity index (χ1n) is 9.51. The van der Waals surface area contributed by atoms with Crippen molar-refractivity contribution in [3.05, 3.63) is 65.5 Å². The van der Waals surface area contributed by atoms with Crippen molar-refractivity contribution in [2.75, 3.05) is 20.3 Å². The fourth-order valence-electron chi connectivity index (χ4n) is 2.62. The molecule has 152 valence electrons. The summed E-state index contributed by atoms with van der Waals surface area (Å²) in [5.41, 5.74) is 3.03. The lowest BCUT2D eigenvalue weighted by atomic mass is 10.1. The maximum atomic E-state index is 12.1. The molecule has 0 saturated heterocycles. The molecule has 2 aromatic carbocycles. The highest BCUT2D eigenvalue weighted by Crippen LogP contribution is 2.18. The van der Waals surface area contributed by atoms with E-state index in [9.17, 15) is 4.79 Å². The van der Waals surface area contributed by atoms with Crippen molar-refractivity contribution in [1.82, 2.24) is 15.5 Å². The van der Waals surface area contributed by atoms with E-state index in [2.05, 4.69) is 15.5 Å². The zero-order valence-electron chi connectivity index (χ0n) is 16.7. The lowest BCUT2D eigenvalue weighted by Crippen LogP contribution is -2.23. The molecule has 0 aliphatic heterocycles. The van der Waals surface area contributed by atoms with Gasteiger partial charge in [0, 0.05) is 32.1 Å². The number of carbonyl (C=O) groups is 1. The van der Waals surface area contributed by atoms with Gasteiger partial charge in [-0.15, -0.1) is 10.2 Å². The quantitative estimate of drug-likeness (QED) is 0.530. The van der Waals surface area contributed by atoms with Crippen LogP contribution in [0.15, 0.2) is 52.9 Å². The molecule has 0 fully saturated rings. The van der Waals surface area contributed by atoms with Crippen LogP contribution in [0.1, 0.15) is 23.4 Å². The van der Waals surface area contributed by atoms with Crippen molar-refractivity contribution >= 4 is 5.91 Å². The lowest BCUT2D eigenvalue weighted by Gasteiger charge is -2.07. The van der Waals surface area contributed by atoms with Gasteiger partial charge >= 0.3 is 0 Å². The molecule has 0 spiro atoms. The van der Waals surface area contributed by atoms with E-state index < -0.39 is 0 Å². The minimum absolute atomic E-state index is 0.0690. The van der Waals surface area contributed by atoms with Crippen LogP contribution in [0.2, 0.25) is 0 Å². The average molecular weight is 395 g/mol. The number of methoxy groups -OCH3 is 1. The molecule has 0 aliphatic rings. The van der Waals surface area contributed by atoms with Crippen LogP contribution in [0.5, 0.6) is 5.75 Å². The van der Waals surface area contributed by atoms with Crippen molar-refractivity contribution < 1.29 is 18.7 Å². The molecule has 0 unspecified atom stereocenters. The van der Waals surface area contributed by atoms with Crippen molar-refractivity contribution in [2.24, 2.45) is 0 Å². The third-order valence-corrected chi connectivity index (χ3v) is 4.30. The summed E-state index contributed by atoms with van der Waals surface area (Å²) in [6.07, 6.45) is 0.685. The van der Waals surface area contributed by atoms with Gasteiger partial charge in [0.25, 0.3) is 0 Å². The Morgan fingerprint density at radius 3 is 2.52 bits per heavy atom. The Bertz CT molecular complexity index is 905. The Labute approximate surface area is 170 Å². The number of aromatic nitrogens is 2. The molecule has 0 atom stereocenters. The summed E-state index contributed by atoms with van der Waals surface area (Å²) < 4.78 is 16.1. The van der Waals surface area contributed by atoms with E-state index >= 15 is 0 Å². The molecule has 1 N–H and O–H groups in total. The molecule has 0 radical (unpaired) electrons. The van der Waals surface area contributed by atoms with Crippen LogP contribution in [0.4, 0.5) is 0 Å². The van der Waals surface area contributed by atoms with Gasteiger partial charge in [0.2, 0.25) is 17.7 Å². The summed E-state index contributed by atoms with van der Waals surface area (Å²) in [5, 5.41) is 11.0. The number of hydrogen-bond donors (Lipinski definition) is 1. The van der Waals surface area contributed by atoms with E-state index in [0.717, 1.165) is 16.9 Å². The van der Waals surface area contributed by atoms with Crippen LogP contribution in [-0.4, -0.2) is 36.4 Å². The normalized spacial score (nSPS) is 10.7. The molecule has 0 saturated carbocycles. The average Bonchev–Trinajstić information content (AvgIpc) is 3.21. The van der Waals surface area contributed by atoms with E-state index in [1.54, 1.807) is 7.11 Å². The molecule has 7 nitrogen and oxygen atoms in total. The third-order valence-electron chi connectivity index (χ3n) is 4.30. The molecule has 0 aliphatic carbocycles. The van der Waals surface area contributed by atoms with Crippen LogP contribution in [0, 0.1) is 6.92 Å². The van der Waals surface area contributed by atoms with E-state index in [1.165, 1.54) is 5.56 Å². The molecule has 29 heavy (non-hydrogen) atoms. The molecule has 7 heteroatoms. The monoisotopic (exact) mass is 395 g/mol. The Balaban J connectivity index is 1.41. The van der Waals surface area contributed by atoms with Crippen molar-refractivity contribution in [2.45, 2.75) is 26.3 Å². The Morgan fingerprint density at radius 1 is 1.03 bits per heavy atom. The first-order chi connectivity index (χ1) is 14.1. The lowest BCUT2D eigenvalue weighted by molar-refractivity contribution is -0.121. The SMILES string of the molecule is COCCOc1ccc(CNC(=O)CCc2nnc(-c3ccc(C)cc3)o2)cc1. The number of aryl methyl sites for hydroxylation is 2. The maximum absolute atomic E-state index is 12.1. The van der Waals surface area contributed by atoms with Gasteiger partial charge in [-0.3, -0.25) is 4.79 Å². The molecule has 1 heterocycles. The predicted octanol–water partition coefficient (Wildman–Crippen LogP) is 3.32. The van der Waals surface area contributed by atoms with Gasteiger partial charge in [-0.2, -0.15) is 0 Å². The van der Waals surface area contributed by atoms with Gasteiger partial charge in [-0.05, 0) is 36.8 Å². The minimum Gasteiger partial charge on any atom is -0.491 e. The van der Waals surface area contributed by atoms with Crippen molar-refractivity contribution in [1.29, 1.82) is 0 Å². The summed E-state index contributed by atoms with van der Waals surface area (Å²) in [4.78, 5) is 12.1. The minimum atomic E-state index is -0.0690. The number of rotatable bonds is 10. The highest BCUT2D eigenvalue weighted by Gasteiger charge is 2.10.